The predicted molar refractivity (Wildman–Crippen MR) is 148 cm³/mol. The summed E-state index contributed by atoms with van der Waals surface area (Å²) in [5, 5.41) is 0.120. The fraction of sp³-hybridized carbons (Fsp3) is 0.815. The number of anilines is 1. The highest BCUT2D eigenvalue weighted by Gasteiger charge is 2.45. The Kier molecular flexibility index (Phi) is 7.04. The molecular formula is C27H44F2N6O2Si. The van der Waals surface area contributed by atoms with Gasteiger partial charge in [-0.3, -0.25) is 4.90 Å². The largest absolute Gasteiger partial charge is 0.462 e. The third kappa shape index (κ3) is 5.43. The van der Waals surface area contributed by atoms with Crippen LogP contribution in [0.15, 0.2) is 6.33 Å². The zero-order valence-electron chi connectivity index (χ0n) is 24.1. The van der Waals surface area contributed by atoms with Crippen molar-refractivity contribution in [2.75, 3.05) is 38.2 Å². The standard InChI is InChI=1S/C27H44F2N6O2Si/c1-25(2,3)38(6,7)37-26(4)12-9-13-34(16-26)23-21-22(30-18-35(21)19-10-8-11-19)31-24(32-23)36-15-20-14-27(28,29)17-33(20)5/h18-20H,8-17H2,1-7H3/t20-,26+/m0/s1. The van der Waals surface area contributed by atoms with Crippen molar-refractivity contribution in [1.82, 2.24) is 24.4 Å². The number of nitrogens with zero attached hydrogens (tertiary/aromatic N) is 6. The number of fused-ring (bicyclic) bond motifs is 1. The van der Waals surface area contributed by atoms with Gasteiger partial charge in [0.25, 0.3) is 5.92 Å². The number of hydrogen-bond acceptors (Lipinski definition) is 7. The van der Waals surface area contributed by atoms with Gasteiger partial charge in [0.2, 0.25) is 0 Å². The van der Waals surface area contributed by atoms with Crippen molar-refractivity contribution < 1.29 is 17.9 Å². The third-order valence-corrected chi connectivity index (χ3v) is 13.8. The van der Waals surface area contributed by atoms with E-state index in [1.165, 1.54) is 6.42 Å². The number of rotatable bonds is 7. The fourth-order valence-electron chi connectivity index (χ4n) is 5.79. The summed E-state index contributed by atoms with van der Waals surface area (Å²) in [6.45, 7) is 15.1. The molecule has 1 saturated carbocycles. The molecule has 0 aromatic carbocycles. The number of alkyl halides is 2. The van der Waals surface area contributed by atoms with Crippen LogP contribution in [-0.2, 0) is 4.43 Å². The van der Waals surface area contributed by atoms with Crippen LogP contribution in [0.3, 0.4) is 0 Å². The van der Waals surface area contributed by atoms with Crippen LogP contribution in [0.25, 0.3) is 11.2 Å². The summed E-state index contributed by atoms with van der Waals surface area (Å²) >= 11 is 0. The predicted octanol–water partition coefficient (Wildman–Crippen LogP) is 5.65. The average molecular weight is 551 g/mol. The molecule has 38 heavy (non-hydrogen) atoms. The molecule has 0 amide bonds. The lowest BCUT2D eigenvalue weighted by molar-refractivity contribution is 0.0136. The van der Waals surface area contributed by atoms with Crippen molar-refractivity contribution in [2.45, 2.75) is 108 Å². The van der Waals surface area contributed by atoms with Gasteiger partial charge in [0.05, 0.1) is 18.5 Å². The zero-order valence-corrected chi connectivity index (χ0v) is 25.1. The summed E-state index contributed by atoms with van der Waals surface area (Å²) in [5.74, 6) is -1.88. The highest BCUT2D eigenvalue weighted by molar-refractivity contribution is 6.74. The maximum absolute atomic E-state index is 13.9. The Balaban J connectivity index is 1.45. The maximum Gasteiger partial charge on any atom is 0.320 e. The molecule has 4 heterocycles. The lowest BCUT2D eigenvalue weighted by Crippen LogP contribution is -2.55. The summed E-state index contributed by atoms with van der Waals surface area (Å²) in [4.78, 5) is 18.1. The second-order valence-electron chi connectivity index (χ2n) is 13.5. The normalized spacial score (nSPS) is 27.2. The molecule has 2 atom stereocenters. The lowest BCUT2D eigenvalue weighted by atomic mass is 9.93. The second-order valence-corrected chi connectivity index (χ2v) is 18.2. The molecule has 0 bridgehead atoms. The molecule has 2 aromatic heterocycles. The van der Waals surface area contributed by atoms with Gasteiger partial charge in [0.1, 0.15) is 12.1 Å². The topological polar surface area (TPSA) is 68.5 Å². The van der Waals surface area contributed by atoms with Gasteiger partial charge in [-0.2, -0.15) is 9.97 Å². The maximum atomic E-state index is 13.9. The van der Waals surface area contributed by atoms with Gasteiger partial charge < -0.3 is 18.6 Å². The van der Waals surface area contributed by atoms with Crippen LogP contribution in [0.2, 0.25) is 18.1 Å². The second kappa shape index (κ2) is 9.66. The van der Waals surface area contributed by atoms with E-state index in [4.69, 9.17) is 14.1 Å². The van der Waals surface area contributed by atoms with E-state index in [9.17, 15) is 8.78 Å². The molecule has 3 fully saturated rings. The van der Waals surface area contributed by atoms with Crippen LogP contribution in [0.5, 0.6) is 6.01 Å². The van der Waals surface area contributed by atoms with Crippen molar-refractivity contribution in [3.63, 3.8) is 0 Å². The Labute approximate surface area is 226 Å². The van der Waals surface area contributed by atoms with E-state index in [0.29, 0.717) is 11.7 Å². The molecule has 11 heteroatoms. The highest BCUT2D eigenvalue weighted by Crippen LogP contribution is 2.43. The number of halogens is 2. The van der Waals surface area contributed by atoms with Crippen molar-refractivity contribution in [3.05, 3.63) is 6.33 Å². The minimum Gasteiger partial charge on any atom is -0.462 e. The average Bonchev–Trinajstić information content (AvgIpc) is 3.28. The van der Waals surface area contributed by atoms with E-state index < -0.39 is 14.2 Å². The summed E-state index contributed by atoms with van der Waals surface area (Å²) < 4.78 is 43.0. The Hall–Kier alpha value is -1.85. The van der Waals surface area contributed by atoms with Crippen molar-refractivity contribution in [3.8, 4) is 6.01 Å². The van der Waals surface area contributed by atoms with Crippen LogP contribution >= 0.6 is 0 Å². The first-order valence-electron chi connectivity index (χ1n) is 14.1. The first-order chi connectivity index (χ1) is 17.7. The van der Waals surface area contributed by atoms with Crippen LogP contribution in [0.1, 0.15) is 72.3 Å². The molecular weight excluding hydrogens is 506 g/mol. The first-order valence-corrected chi connectivity index (χ1v) is 17.0. The van der Waals surface area contributed by atoms with Gasteiger partial charge in [0.15, 0.2) is 19.8 Å². The van der Waals surface area contributed by atoms with E-state index >= 15 is 0 Å². The van der Waals surface area contributed by atoms with E-state index in [-0.39, 0.29) is 42.3 Å². The van der Waals surface area contributed by atoms with Crippen LogP contribution in [0.4, 0.5) is 14.6 Å². The van der Waals surface area contributed by atoms with E-state index in [1.54, 1.807) is 11.9 Å². The van der Waals surface area contributed by atoms with Crippen LogP contribution < -0.4 is 9.64 Å². The lowest BCUT2D eigenvalue weighted by Gasteiger charge is -2.48. The number of imidazole rings is 1. The minimum absolute atomic E-state index is 0.118. The number of aromatic nitrogens is 4. The summed E-state index contributed by atoms with van der Waals surface area (Å²) in [7, 11) is -0.276. The van der Waals surface area contributed by atoms with E-state index in [1.807, 2.05) is 6.33 Å². The molecule has 2 aromatic rings. The van der Waals surface area contributed by atoms with Gasteiger partial charge >= 0.3 is 6.01 Å². The molecule has 5 rings (SSSR count). The third-order valence-electron chi connectivity index (χ3n) is 9.17. The Morgan fingerprint density at radius 1 is 1.13 bits per heavy atom. The summed E-state index contributed by atoms with van der Waals surface area (Å²) in [5.41, 5.74) is 1.24. The molecule has 212 valence electrons. The number of likely N-dealkylation sites (N-methyl/N-ethyl adjacent to an activating group) is 1. The van der Waals surface area contributed by atoms with E-state index in [0.717, 1.165) is 50.1 Å². The van der Waals surface area contributed by atoms with Crippen molar-refractivity contribution in [2.24, 2.45) is 0 Å². The molecule has 2 aliphatic heterocycles. The molecule has 1 aliphatic carbocycles. The van der Waals surface area contributed by atoms with Gasteiger partial charge in [0, 0.05) is 31.6 Å². The highest BCUT2D eigenvalue weighted by atomic mass is 28.4. The first kappa shape index (κ1) is 27.7. The number of hydrogen-bond donors (Lipinski definition) is 0. The Morgan fingerprint density at radius 2 is 1.87 bits per heavy atom. The van der Waals surface area contributed by atoms with Crippen molar-refractivity contribution in [1.29, 1.82) is 0 Å². The Bertz CT molecular complexity index is 1160. The minimum atomic E-state index is -2.69. The molecule has 0 spiro atoms. The molecule has 0 N–H and O–H groups in total. The number of likely N-dealkylation sites (tertiary alicyclic amines) is 1. The van der Waals surface area contributed by atoms with E-state index in [2.05, 4.69) is 60.2 Å². The fourth-order valence-corrected chi connectivity index (χ4v) is 7.49. The van der Waals surface area contributed by atoms with Crippen LogP contribution in [0, 0.1) is 0 Å². The van der Waals surface area contributed by atoms with Gasteiger partial charge in [-0.15, -0.1) is 0 Å². The molecule has 0 unspecified atom stereocenters. The van der Waals surface area contributed by atoms with Gasteiger partial charge in [-0.25, -0.2) is 13.8 Å². The zero-order chi connectivity index (χ0) is 27.5. The number of piperidine rings is 1. The molecule has 8 nitrogen and oxygen atoms in total. The van der Waals surface area contributed by atoms with Crippen molar-refractivity contribution >= 4 is 25.3 Å². The SMILES string of the molecule is CN1CC(F)(F)C[C@H]1COc1nc(N2CCC[C@@](C)(O[Si](C)(C)C(C)(C)C)C2)c2c(ncn2C2CCC2)n1. The van der Waals surface area contributed by atoms with Crippen LogP contribution in [-0.4, -0.2) is 83.6 Å². The smallest absolute Gasteiger partial charge is 0.320 e. The summed E-state index contributed by atoms with van der Waals surface area (Å²) in [6, 6.07) is 0.229. The molecule has 0 radical (unpaired) electrons. The monoisotopic (exact) mass is 550 g/mol. The molecule has 3 aliphatic rings. The quantitative estimate of drug-likeness (QED) is 0.413. The Morgan fingerprint density at radius 3 is 2.47 bits per heavy atom. The van der Waals surface area contributed by atoms with Gasteiger partial charge in [-0.1, -0.05) is 20.8 Å². The summed E-state index contributed by atoms with van der Waals surface area (Å²) in [6.07, 6.45) is 7.10. The van der Waals surface area contributed by atoms with Gasteiger partial charge in [-0.05, 0) is 64.2 Å². The molecule has 2 saturated heterocycles. The number of ether oxygens (including phenoxy) is 1.